The molecule has 44 heavy (non-hydrogen) atoms. The number of carbonyl (C=O) groups is 4. The van der Waals surface area contributed by atoms with E-state index in [0.717, 1.165) is 5.56 Å². The Balaban J connectivity index is 1.38. The smallest absolute Gasteiger partial charge is 0.308 e. The maximum absolute atomic E-state index is 14.0. The van der Waals surface area contributed by atoms with Crippen molar-refractivity contribution in [3.05, 3.63) is 101 Å². The van der Waals surface area contributed by atoms with Gasteiger partial charge in [-0.3, -0.25) is 24.1 Å². The van der Waals surface area contributed by atoms with Crippen LogP contribution in [0.4, 0.5) is 17.6 Å². The summed E-state index contributed by atoms with van der Waals surface area (Å²) in [4.78, 5) is 54.4. The third-order valence-corrected chi connectivity index (χ3v) is 6.75. The lowest BCUT2D eigenvalue weighted by Gasteiger charge is -2.34. The van der Waals surface area contributed by atoms with Gasteiger partial charge in [-0.05, 0) is 11.1 Å². The summed E-state index contributed by atoms with van der Waals surface area (Å²) in [5.74, 6) is -11.7. The highest BCUT2D eigenvalue weighted by Gasteiger charge is 2.30. The van der Waals surface area contributed by atoms with E-state index in [4.69, 9.17) is 9.47 Å². The third-order valence-electron chi connectivity index (χ3n) is 6.75. The van der Waals surface area contributed by atoms with Crippen molar-refractivity contribution < 1.29 is 46.2 Å². The van der Waals surface area contributed by atoms with Crippen molar-refractivity contribution in [1.29, 1.82) is 0 Å². The second-order valence-electron chi connectivity index (χ2n) is 10.0. The average molecular weight is 616 g/mol. The topological polar surface area (TPSA) is 105 Å². The highest BCUT2D eigenvalue weighted by molar-refractivity contribution is 5.94. The highest BCUT2D eigenvalue weighted by Crippen LogP contribution is 2.26. The van der Waals surface area contributed by atoms with E-state index in [0.29, 0.717) is 18.7 Å². The van der Waals surface area contributed by atoms with Gasteiger partial charge < -0.3 is 19.7 Å². The monoisotopic (exact) mass is 615 g/mol. The first-order valence-electron chi connectivity index (χ1n) is 13.6. The summed E-state index contributed by atoms with van der Waals surface area (Å²) in [5.41, 5.74) is 1.68. The molecule has 1 aliphatic heterocycles. The Morgan fingerprint density at radius 2 is 1.48 bits per heavy atom. The molecule has 1 atom stereocenters. The molecule has 9 nitrogen and oxygen atoms in total. The summed E-state index contributed by atoms with van der Waals surface area (Å²) in [6.07, 6.45) is -0.692. The first-order chi connectivity index (χ1) is 21.1. The van der Waals surface area contributed by atoms with E-state index in [2.05, 4.69) is 5.32 Å². The summed E-state index contributed by atoms with van der Waals surface area (Å²) < 4.78 is 65.1. The van der Waals surface area contributed by atoms with Gasteiger partial charge in [0.2, 0.25) is 23.4 Å². The van der Waals surface area contributed by atoms with Gasteiger partial charge in [-0.25, -0.2) is 8.78 Å². The number of amides is 2. The molecule has 0 unspecified atom stereocenters. The fourth-order valence-corrected chi connectivity index (χ4v) is 4.45. The Bertz CT molecular complexity index is 1470. The molecule has 4 rings (SSSR count). The van der Waals surface area contributed by atoms with Crippen LogP contribution in [0.15, 0.2) is 66.7 Å². The van der Waals surface area contributed by atoms with Crippen LogP contribution in [0.3, 0.4) is 0 Å². The van der Waals surface area contributed by atoms with Gasteiger partial charge in [0.05, 0.1) is 19.5 Å². The molecule has 0 bridgehead atoms. The van der Waals surface area contributed by atoms with Crippen LogP contribution < -0.4 is 10.1 Å². The zero-order valence-electron chi connectivity index (χ0n) is 23.4. The van der Waals surface area contributed by atoms with Gasteiger partial charge in [-0.15, -0.1) is 0 Å². The zero-order chi connectivity index (χ0) is 31.6. The fourth-order valence-electron chi connectivity index (χ4n) is 4.45. The number of nitrogens with one attached hydrogen (secondary N) is 1. The van der Waals surface area contributed by atoms with Gasteiger partial charge in [0.15, 0.2) is 23.2 Å². The van der Waals surface area contributed by atoms with E-state index in [1.54, 1.807) is 30.3 Å². The summed E-state index contributed by atoms with van der Waals surface area (Å²) in [7, 11) is 0. The molecule has 0 radical (unpaired) electrons. The van der Waals surface area contributed by atoms with Crippen LogP contribution in [0.1, 0.15) is 17.5 Å². The number of hydrogen-bond acceptors (Lipinski definition) is 7. The van der Waals surface area contributed by atoms with Crippen molar-refractivity contribution in [2.24, 2.45) is 0 Å². The number of rotatable bonds is 13. The number of esters is 1. The van der Waals surface area contributed by atoms with Gasteiger partial charge in [0.25, 0.3) is 0 Å². The van der Waals surface area contributed by atoms with Crippen molar-refractivity contribution >= 4 is 23.6 Å². The number of piperazine rings is 1. The number of hydrogen-bond donors (Lipinski definition) is 1. The number of carbonyl (C=O) groups excluding carboxylic acids is 4. The van der Waals surface area contributed by atoms with Gasteiger partial charge in [-0.2, -0.15) is 8.78 Å². The molecule has 1 heterocycles. The molecule has 2 amide bonds. The van der Waals surface area contributed by atoms with Gasteiger partial charge in [0, 0.05) is 25.7 Å². The van der Waals surface area contributed by atoms with E-state index in [-0.39, 0.29) is 31.7 Å². The van der Waals surface area contributed by atoms with E-state index in [1.165, 1.54) is 4.90 Å². The van der Waals surface area contributed by atoms with Crippen LogP contribution in [0.2, 0.25) is 0 Å². The summed E-state index contributed by atoms with van der Waals surface area (Å²) in [6, 6.07) is 16.5. The molecule has 232 valence electrons. The molecule has 3 aromatic rings. The predicted molar refractivity (Wildman–Crippen MR) is 148 cm³/mol. The molecule has 3 aromatic carbocycles. The Morgan fingerprint density at radius 3 is 2.09 bits per heavy atom. The summed E-state index contributed by atoms with van der Waals surface area (Å²) in [5, 5.41) is 2.34. The fraction of sp³-hybridized carbons (Fsp3) is 0.290. The third kappa shape index (κ3) is 8.86. The van der Waals surface area contributed by atoms with Crippen molar-refractivity contribution in [2.75, 3.05) is 32.8 Å². The van der Waals surface area contributed by atoms with Crippen LogP contribution in [-0.4, -0.2) is 72.2 Å². The molecular weight excluding hydrogens is 586 g/mol. The predicted octanol–water partition coefficient (Wildman–Crippen LogP) is 3.15. The number of benzene rings is 3. The zero-order valence-corrected chi connectivity index (χ0v) is 23.4. The van der Waals surface area contributed by atoms with Gasteiger partial charge >= 0.3 is 5.97 Å². The van der Waals surface area contributed by atoms with Gasteiger partial charge in [-0.1, -0.05) is 60.7 Å². The largest absolute Gasteiger partial charge is 0.479 e. The highest BCUT2D eigenvalue weighted by atomic mass is 19.2. The quantitative estimate of drug-likeness (QED) is 0.179. The molecule has 0 aromatic heterocycles. The molecule has 0 saturated carbocycles. The number of Topliss-reactive ketones (excluding diaryl/α,β-unsaturated/α-hetero) is 1. The molecule has 1 N–H and O–H groups in total. The van der Waals surface area contributed by atoms with Crippen LogP contribution in [0.25, 0.3) is 0 Å². The SMILES string of the molecule is O=C(CN1CCN(Cc2ccccc2)CC1=O)N[C@@H](CC(=O)OCc1ccccc1)C(=O)COc1c(F)c(F)cc(F)c1F. The second kappa shape index (κ2) is 15.1. The lowest BCUT2D eigenvalue weighted by atomic mass is 10.1. The van der Waals surface area contributed by atoms with Crippen LogP contribution in [0.5, 0.6) is 5.75 Å². The lowest BCUT2D eigenvalue weighted by molar-refractivity contribution is -0.148. The Labute approximate surface area is 250 Å². The Morgan fingerprint density at radius 1 is 0.864 bits per heavy atom. The first-order valence-corrected chi connectivity index (χ1v) is 13.6. The van der Waals surface area contributed by atoms with E-state index in [9.17, 15) is 36.7 Å². The van der Waals surface area contributed by atoms with E-state index in [1.807, 2.05) is 35.2 Å². The summed E-state index contributed by atoms with van der Waals surface area (Å²) in [6.45, 7) is -0.395. The Kier molecular flexibility index (Phi) is 11.0. The van der Waals surface area contributed by atoms with E-state index >= 15 is 0 Å². The lowest BCUT2D eigenvalue weighted by Crippen LogP contribution is -2.54. The van der Waals surface area contributed by atoms with Crippen molar-refractivity contribution in [3.63, 3.8) is 0 Å². The molecule has 0 spiro atoms. The molecule has 0 aliphatic carbocycles. The summed E-state index contributed by atoms with van der Waals surface area (Å²) >= 11 is 0. The number of halogens is 4. The van der Waals surface area contributed by atoms with Crippen LogP contribution in [0, 0.1) is 23.3 Å². The van der Waals surface area contributed by atoms with Crippen LogP contribution in [-0.2, 0) is 37.1 Å². The molecule has 1 fully saturated rings. The molecular formula is C31H29F4N3O6. The molecule has 1 aliphatic rings. The minimum absolute atomic E-state index is 0.0199. The van der Waals surface area contributed by atoms with Gasteiger partial charge in [0.1, 0.15) is 19.3 Å². The number of ether oxygens (including phenoxy) is 2. The van der Waals surface area contributed by atoms with Crippen molar-refractivity contribution in [3.8, 4) is 5.75 Å². The molecule has 1 saturated heterocycles. The van der Waals surface area contributed by atoms with E-state index < -0.39 is 72.3 Å². The first kappa shape index (κ1) is 32.1. The minimum Gasteiger partial charge on any atom is -0.479 e. The normalized spacial score (nSPS) is 14.2. The maximum atomic E-state index is 14.0. The Hall–Kier alpha value is -4.78. The van der Waals surface area contributed by atoms with Crippen molar-refractivity contribution in [1.82, 2.24) is 15.1 Å². The number of ketones is 1. The maximum Gasteiger partial charge on any atom is 0.308 e. The van der Waals surface area contributed by atoms with Crippen molar-refractivity contribution in [2.45, 2.75) is 25.6 Å². The second-order valence-corrected chi connectivity index (χ2v) is 10.0. The standard InChI is InChI=1S/C31H29F4N3O6/c32-22-13-23(33)30(35)31(29(22)34)44-19-25(39)24(14-28(42)43-18-21-9-5-2-6-10-21)36-26(40)16-38-12-11-37(17-27(38)41)15-20-7-3-1-4-8-20/h1-10,13,24H,11-12,14-19H2,(H,36,40)/t24-/m0/s1. The number of nitrogens with zero attached hydrogens (tertiary/aromatic N) is 2. The molecule has 13 heteroatoms. The van der Waals surface area contributed by atoms with Crippen LogP contribution >= 0.6 is 0 Å². The average Bonchev–Trinajstić information content (AvgIpc) is 3.01. The minimum atomic E-state index is -1.86.